The molecule has 1 unspecified atom stereocenters. The fourth-order valence-electron chi connectivity index (χ4n) is 9.74. The van der Waals surface area contributed by atoms with Crippen molar-refractivity contribution in [3.8, 4) is 17.1 Å². The first-order chi connectivity index (χ1) is 30.0. The quantitative estimate of drug-likeness (QED) is 0.119. The Balaban J connectivity index is 1.09. The minimum atomic E-state index is -1.41. The number of carbonyl (C=O) groups excluding carboxylic acids is 3. The van der Waals surface area contributed by atoms with Gasteiger partial charge >= 0.3 is 12.1 Å². The largest absolute Gasteiger partial charge is 0.488 e. The molecule has 2 aliphatic heterocycles. The fraction of sp³-hybridized carbons (Fsp3) is 0.652. The SMILES string of the molecule is CC[C@@H]1C[C@]1(NC(=O)[C@@H]1C[C@@H](Oc2cc(-c3csc(NC(C)C)n3)nc3c(Cl)c(CCCN4CCOCC4)ccc23)CN1C(=O)[C@@H](NC(=O)OC1C[C@@H]2C[C@@H]2C1)C(C)(C)C)C(=O)O. The zero-order valence-corrected chi connectivity index (χ0v) is 38.8. The van der Waals surface area contributed by atoms with Crippen LogP contribution in [0.1, 0.15) is 92.1 Å². The summed E-state index contributed by atoms with van der Waals surface area (Å²) >= 11 is 8.70. The summed E-state index contributed by atoms with van der Waals surface area (Å²) in [5.74, 6) is -0.718. The smallest absolute Gasteiger partial charge is 0.408 e. The number of morpholine rings is 1. The molecule has 3 aliphatic carbocycles. The summed E-state index contributed by atoms with van der Waals surface area (Å²) in [6.07, 6.45) is 3.88. The molecule has 2 saturated heterocycles. The van der Waals surface area contributed by atoms with Crippen molar-refractivity contribution in [1.29, 1.82) is 0 Å². The Kier molecular flexibility index (Phi) is 13.2. The minimum absolute atomic E-state index is 0.00481. The second-order valence-electron chi connectivity index (χ2n) is 19.6. The number of amides is 3. The van der Waals surface area contributed by atoms with Gasteiger partial charge in [-0.25, -0.2) is 19.6 Å². The number of hydrogen-bond acceptors (Lipinski definition) is 12. The van der Waals surface area contributed by atoms with E-state index >= 15 is 0 Å². The van der Waals surface area contributed by atoms with Crippen molar-refractivity contribution in [1.82, 2.24) is 30.4 Å². The molecule has 0 radical (unpaired) electrons. The van der Waals surface area contributed by atoms with Crippen molar-refractivity contribution in [3.05, 3.63) is 34.2 Å². The zero-order valence-electron chi connectivity index (χ0n) is 37.2. The number of aliphatic carboxylic acids is 1. The third-order valence-electron chi connectivity index (χ3n) is 13.5. The molecule has 1 aromatic carbocycles. The highest BCUT2D eigenvalue weighted by Gasteiger charge is 2.61. The van der Waals surface area contributed by atoms with Gasteiger partial charge in [-0.3, -0.25) is 14.5 Å². The van der Waals surface area contributed by atoms with Gasteiger partial charge in [0.1, 0.15) is 41.3 Å². The number of pyridine rings is 1. The van der Waals surface area contributed by atoms with Crippen LogP contribution >= 0.6 is 22.9 Å². The van der Waals surface area contributed by atoms with E-state index in [1.165, 1.54) is 22.7 Å². The molecule has 15 nitrogen and oxygen atoms in total. The first kappa shape index (κ1) is 45.3. The summed E-state index contributed by atoms with van der Waals surface area (Å²) in [5.41, 5.74) is 0.525. The van der Waals surface area contributed by atoms with Crippen molar-refractivity contribution in [3.63, 3.8) is 0 Å². The number of carboxylic acids is 1. The van der Waals surface area contributed by atoms with Crippen LogP contribution in [0.15, 0.2) is 23.6 Å². The molecule has 5 fully saturated rings. The lowest BCUT2D eigenvalue weighted by Crippen LogP contribution is -2.59. The van der Waals surface area contributed by atoms with E-state index in [1.807, 2.05) is 65.1 Å². The van der Waals surface area contributed by atoms with E-state index in [9.17, 15) is 24.3 Å². The van der Waals surface area contributed by atoms with E-state index < -0.39 is 53.0 Å². The fourth-order valence-corrected chi connectivity index (χ4v) is 10.9. The van der Waals surface area contributed by atoms with Gasteiger partial charge in [-0.05, 0) is 93.7 Å². The average molecular weight is 909 g/mol. The molecule has 8 atom stereocenters. The number of nitrogens with one attached hydrogen (secondary N) is 3. The number of aryl methyl sites for hydroxylation is 1. The number of carboxylic acid groups (broad SMARTS) is 1. The molecule has 0 bridgehead atoms. The highest BCUT2D eigenvalue weighted by molar-refractivity contribution is 7.14. The number of halogens is 1. The van der Waals surface area contributed by atoms with Crippen molar-refractivity contribution in [2.24, 2.45) is 23.2 Å². The third kappa shape index (κ3) is 10.0. The van der Waals surface area contributed by atoms with E-state index in [0.29, 0.717) is 57.7 Å². The van der Waals surface area contributed by atoms with Crippen LogP contribution in [-0.2, 0) is 30.3 Å². The molecule has 2 aromatic heterocycles. The number of likely N-dealkylation sites (tertiary alicyclic amines) is 1. The predicted molar refractivity (Wildman–Crippen MR) is 241 cm³/mol. The Labute approximate surface area is 378 Å². The van der Waals surface area contributed by atoms with Crippen LogP contribution in [0.3, 0.4) is 0 Å². The van der Waals surface area contributed by atoms with Crippen LogP contribution in [0.2, 0.25) is 5.02 Å². The summed E-state index contributed by atoms with van der Waals surface area (Å²) in [6, 6.07) is 3.82. The van der Waals surface area contributed by atoms with Gasteiger partial charge in [0.2, 0.25) is 11.8 Å². The lowest BCUT2D eigenvalue weighted by atomic mass is 9.85. The standard InChI is InChI=1S/C46H62ClN7O8S/c1-7-29-22-46(29,42(57)58)52-40(55)35-20-31(23-54(35)41(56)39(45(4,5)6)51-44(59)62-30-18-27-17-28(27)19-30)61-36-21-33(34-24-63-43(50-34)48-25(2)3)49-38-32(36)11-10-26(37(38)47)9-8-12-53-13-15-60-16-14-53/h10-11,21,24-25,27-31,35,39H,7-9,12-20,22-23H2,1-6H3,(H,48,50)(H,51,59)(H,52,55)(H,57,58)/t27-,28+,29-,30?,31-,35+,39-,46-/m1/s1. The number of benzene rings is 1. The molecule has 342 valence electrons. The molecule has 4 heterocycles. The lowest BCUT2D eigenvalue weighted by Gasteiger charge is -2.35. The molecule has 5 aliphatic rings. The van der Waals surface area contributed by atoms with Gasteiger partial charge in [0, 0.05) is 42.4 Å². The molecule has 3 aromatic rings. The molecule has 3 amide bonds. The minimum Gasteiger partial charge on any atom is -0.488 e. The van der Waals surface area contributed by atoms with Crippen LogP contribution in [0, 0.1) is 23.2 Å². The van der Waals surface area contributed by atoms with Gasteiger partial charge in [-0.2, -0.15) is 0 Å². The Bertz CT molecular complexity index is 2200. The molecule has 0 spiro atoms. The van der Waals surface area contributed by atoms with Gasteiger partial charge in [-0.1, -0.05) is 51.8 Å². The van der Waals surface area contributed by atoms with Crippen molar-refractivity contribution >= 4 is 62.8 Å². The molecular formula is C46H62ClN7O8S. The van der Waals surface area contributed by atoms with Crippen molar-refractivity contribution in [2.75, 3.05) is 44.7 Å². The lowest BCUT2D eigenvalue weighted by molar-refractivity contribution is -0.146. The van der Waals surface area contributed by atoms with Crippen LogP contribution < -0.4 is 20.7 Å². The van der Waals surface area contributed by atoms with E-state index in [1.54, 1.807) is 0 Å². The number of aromatic nitrogens is 2. The van der Waals surface area contributed by atoms with E-state index in [4.69, 9.17) is 35.8 Å². The monoisotopic (exact) mass is 907 g/mol. The first-order valence-corrected chi connectivity index (χ1v) is 23.9. The third-order valence-corrected chi connectivity index (χ3v) is 14.7. The highest BCUT2D eigenvalue weighted by atomic mass is 35.5. The van der Waals surface area contributed by atoms with E-state index in [2.05, 4.69) is 20.9 Å². The average Bonchev–Trinajstić information content (AvgIpc) is 3.91. The molecule has 8 rings (SSSR count). The number of ether oxygens (including phenoxy) is 3. The highest BCUT2D eigenvalue weighted by Crippen LogP contribution is 2.52. The number of rotatable bonds is 16. The summed E-state index contributed by atoms with van der Waals surface area (Å²) in [4.78, 5) is 68.8. The summed E-state index contributed by atoms with van der Waals surface area (Å²) < 4.78 is 18.2. The second-order valence-corrected chi connectivity index (χ2v) is 20.8. The number of alkyl carbamates (subject to hydrolysis) is 1. The topological polar surface area (TPSA) is 185 Å². The summed E-state index contributed by atoms with van der Waals surface area (Å²) in [6.45, 7) is 15.7. The van der Waals surface area contributed by atoms with Gasteiger partial charge in [-0.15, -0.1) is 11.3 Å². The van der Waals surface area contributed by atoms with E-state index in [0.717, 1.165) is 69.2 Å². The Morgan fingerprint density at radius 3 is 2.46 bits per heavy atom. The van der Waals surface area contributed by atoms with Gasteiger partial charge in [0.05, 0.1) is 36.0 Å². The molecule has 17 heteroatoms. The number of hydrogen-bond donors (Lipinski definition) is 4. The first-order valence-electron chi connectivity index (χ1n) is 22.7. The van der Waals surface area contributed by atoms with Crippen LogP contribution in [-0.4, -0.2) is 124 Å². The number of fused-ring (bicyclic) bond motifs is 2. The number of thiazole rings is 1. The van der Waals surface area contributed by atoms with Crippen LogP contribution in [0.5, 0.6) is 5.75 Å². The second kappa shape index (κ2) is 18.3. The Morgan fingerprint density at radius 1 is 1.05 bits per heavy atom. The maximum Gasteiger partial charge on any atom is 0.408 e. The summed E-state index contributed by atoms with van der Waals surface area (Å²) in [5, 5.41) is 23.2. The van der Waals surface area contributed by atoms with Crippen molar-refractivity contribution in [2.45, 2.75) is 129 Å². The van der Waals surface area contributed by atoms with Gasteiger partial charge < -0.3 is 40.2 Å². The zero-order chi connectivity index (χ0) is 44.8. The van der Waals surface area contributed by atoms with Gasteiger partial charge in [0.15, 0.2) is 5.13 Å². The molecular weight excluding hydrogens is 846 g/mol. The number of nitrogens with zero attached hydrogens (tertiary/aromatic N) is 4. The maximum atomic E-state index is 14.8. The maximum absolute atomic E-state index is 14.8. The number of anilines is 1. The molecule has 63 heavy (non-hydrogen) atoms. The van der Waals surface area contributed by atoms with Crippen molar-refractivity contribution < 1.29 is 38.5 Å². The molecule has 4 N–H and O–H groups in total. The number of carbonyl (C=O) groups is 4. The summed E-state index contributed by atoms with van der Waals surface area (Å²) in [7, 11) is 0. The molecule has 3 saturated carbocycles. The Hall–Kier alpha value is -4.25. The van der Waals surface area contributed by atoms with Crippen LogP contribution in [0.4, 0.5) is 9.93 Å². The predicted octanol–water partition coefficient (Wildman–Crippen LogP) is 6.75. The van der Waals surface area contributed by atoms with E-state index in [-0.39, 0.29) is 31.0 Å². The van der Waals surface area contributed by atoms with Gasteiger partial charge in [0.25, 0.3) is 0 Å². The van der Waals surface area contributed by atoms with Crippen LogP contribution in [0.25, 0.3) is 22.3 Å². The normalized spacial score (nSPS) is 27.2. The Morgan fingerprint density at radius 2 is 1.79 bits per heavy atom.